The quantitative estimate of drug-likeness (QED) is 0.161. The Morgan fingerprint density at radius 2 is 0.935 bits per heavy atom. The highest BCUT2D eigenvalue weighted by Gasteiger charge is 2.24. The summed E-state index contributed by atoms with van der Waals surface area (Å²) in [5, 5.41) is 4.31. The zero-order chi connectivity index (χ0) is 41.0. The number of furan rings is 1. The molecule has 0 atom stereocenters. The van der Waals surface area contributed by atoms with Crippen molar-refractivity contribution in [2.24, 2.45) is 0 Å². The van der Waals surface area contributed by atoms with Gasteiger partial charge in [-0.15, -0.1) is 0 Å². The molecule has 0 bridgehead atoms. The highest BCUT2D eigenvalue weighted by Crippen LogP contribution is 2.45. The van der Waals surface area contributed by atoms with Crippen LogP contribution in [0.5, 0.6) is 0 Å². The molecule has 8 aromatic carbocycles. The second kappa shape index (κ2) is 14.7. The fourth-order valence-electron chi connectivity index (χ4n) is 8.85. The van der Waals surface area contributed by atoms with Crippen LogP contribution < -0.4 is 0 Å². The molecule has 0 aliphatic heterocycles. The molecule has 12 aromatic rings. The van der Waals surface area contributed by atoms with Crippen molar-refractivity contribution in [3.63, 3.8) is 0 Å². The van der Waals surface area contributed by atoms with E-state index in [9.17, 15) is 0 Å². The smallest absolute Gasteiger partial charge is 0.166 e. The Hall–Kier alpha value is -8.48. The maximum atomic E-state index is 6.77. The van der Waals surface area contributed by atoms with Gasteiger partial charge < -0.3 is 8.98 Å². The molecule has 6 nitrogen and oxygen atoms in total. The lowest BCUT2D eigenvalue weighted by Crippen LogP contribution is -2.02. The maximum Gasteiger partial charge on any atom is 0.166 e. The first kappa shape index (κ1) is 35.5. The molecule has 12 rings (SSSR count). The number of pyridine rings is 1. The topological polar surface area (TPSA) is 69.6 Å². The summed E-state index contributed by atoms with van der Waals surface area (Å²) < 4.78 is 9.14. The minimum absolute atomic E-state index is 0.523. The van der Waals surface area contributed by atoms with E-state index in [1.54, 1.807) is 0 Å². The number of hydrogen-bond donors (Lipinski definition) is 0. The second-order valence-corrected chi connectivity index (χ2v) is 15.4. The summed E-state index contributed by atoms with van der Waals surface area (Å²) in [5.41, 5.74) is 13.3. The maximum absolute atomic E-state index is 6.77. The van der Waals surface area contributed by atoms with Gasteiger partial charge >= 0.3 is 0 Å². The summed E-state index contributed by atoms with van der Waals surface area (Å²) in [6.07, 6.45) is 1.97. The number of hydrogen-bond acceptors (Lipinski definition) is 5. The van der Waals surface area contributed by atoms with Crippen molar-refractivity contribution in [2.75, 3.05) is 0 Å². The predicted molar refractivity (Wildman–Crippen MR) is 252 cm³/mol. The zero-order valence-corrected chi connectivity index (χ0v) is 33.4. The fourth-order valence-corrected chi connectivity index (χ4v) is 8.85. The Kier molecular flexibility index (Phi) is 8.38. The molecule has 0 saturated heterocycles. The molecular weight excluding hydrogens is 759 g/mol. The number of nitrogens with zero attached hydrogens (tertiary/aromatic N) is 5. The third-order valence-corrected chi connectivity index (χ3v) is 11.7. The average molecular weight is 794 g/mol. The van der Waals surface area contributed by atoms with Crippen LogP contribution in [-0.2, 0) is 0 Å². The number of para-hydroxylation sites is 2. The van der Waals surface area contributed by atoms with E-state index >= 15 is 0 Å². The van der Waals surface area contributed by atoms with E-state index in [-0.39, 0.29) is 0 Å². The van der Waals surface area contributed by atoms with Crippen molar-refractivity contribution in [3.8, 4) is 73.4 Å². The first-order chi connectivity index (χ1) is 30.7. The van der Waals surface area contributed by atoms with Gasteiger partial charge in [-0.1, -0.05) is 158 Å². The lowest BCUT2D eigenvalue weighted by atomic mass is 9.95. The van der Waals surface area contributed by atoms with Crippen LogP contribution in [0, 0.1) is 0 Å². The molecule has 290 valence electrons. The van der Waals surface area contributed by atoms with Crippen LogP contribution in [0.1, 0.15) is 0 Å². The van der Waals surface area contributed by atoms with E-state index in [2.05, 4.69) is 132 Å². The first-order valence-corrected chi connectivity index (χ1v) is 20.7. The third-order valence-electron chi connectivity index (χ3n) is 11.7. The molecular formula is C56H35N5O. The van der Waals surface area contributed by atoms with E-state index in [0.717, 1.165) is 94.2 Å². The predicted octanol–water partition coefficient (Wildman–Crippen LogP) is 14.3. The SMILES string of the molecule is c1ccc(-c2cccc(-c3cnc(-c4cccc5oc6ccc7c8ccccc8n(-c8ccccc8)c7c6c45)c(-c4nc(-c5ccccc5)nc(-c5ccccc5)n4)c3)c2)cc1. The van der Waals surface area contributed by atoms with Crippen molar-refractivity contribution in [1.29, 1.82) is 0 Å². The standard InChI is InChI=1S/C56H35N5O/c1-5-17-36(18-6-1)39-23-15-24-40(33-39)41-34-46(56-59-54(37-19-7-2-8-20-37)58-55(60-56)38-21-9-3-10-22-38)52(57-35-41)45-28-16-30-48-50(45)51-49(62-48)32-31-44-43-27-13-14-29-47(43)61(53(44)51)42-25-11-4-12-26-42/h1-35H. The summed E-state index contributed by atoms with van der Waals surface area (Å²) in [5.74, 6) is 1.69. The van der Waals surface area contributed by atoms with Gasteiger partial charge in [0, 0.05) is 55.9 Å². The fraction of sp³-hybridized carbons (Fsp3) is 0. The molecule has 0 aliphatic rings. The van der Waals surface area contributed by atoms with Crippen molar-refractivity contribution < 1.29 is 4.42 Å². The van der Waals surface area contributed by atoms with Gasteiger partial charge in [0.05, 0.1) is 22.1 Å². The molecule has 0 saturated carbocycles. The molecule has 4 aromatic heterocycles. The van der Waals surface area contributed by atoms with Gasteiger partial charge in [-0.05, 0) is 65.2 Å². The van der Waals surface area contributed by atoms with Crippen LogP contribution in [0.4, 0.5) is 0 Å². The molecule has 0 amide bonds. The van der Waals surface area contributed by atoms with Gasteiger partial charge in [0.1, 0.15) is 11.2 Å². The minimum Gasteiger partial charge on any atom is -0.456 e. The number of rotatable bonds is 7. The van der Waals surface area contributed by atoms with Gasteiger partial charge in [0.2, 0.25) is 0 Å². The average Bonchev–Trinajstić information content (AvgIpc) is 3.91. The minimum atomic E-state index is 0.523. The van der Waals surface area contributed by atoms with Gasteiger partial charge in [0.15, 0.2) is 17.5 Å². The Balaban J connectivity index is 1.17. The van der Waals surface area contributed by atoms with Crippen LogP contribution in [0.25, 0.3) is 117 Å². The molecule has 62 heavy (non-hydrogen) atoms. The number of aromatic nitrogens is 5. The normalized spacial score (nSPS) is 11.5. The van der Waals surface area contributed by atoms with Crippen LogP contribution in [-0.4, -0.2) is 24.5 Å². The molecule has 0 N–H and O–H groups in total. The third kappa shape index (κ3) is 5.96. The number of fused-ring (bicyclic) bond motifs is 7. The van der Waals surface area contributed by atoms with Gasteiger partial charge in [-0.25, -0.2) is 15.0 Å². The van der Waals surface area contributed by atoms with Crippen LogP contribution in [0.3, 0.4) is 0 Å². The summed E-state index contributed by atoms with van der Waals surface area (Å²) in [4.78, 5) is 21.0. The number of benzene rings is 8. The molecule has 4 heterocycles. The van der Waals surface area contributed by atoms with Crippen molar-refractivity contribution in [1.82, 2.24) is 24.5 Å². The first-order valence-electron chi connectivity index (χ1n) is 20.7. The van der Waals surface area contributed by atoms with Gasteiger partial charge in [-0.2, -0.15) is 0 Å². The summed E-state index contributed by atoms with van der Waals surface area (Å²) >= 11 is 0. The van der Waals surface area contributed by atoms with Crippen molar-refractivity contribution in [3.05, 3.63) is 212 Å². The molecule has 0 spiro atoms. The largest absolute Gasteiger partial charge is 0.456 e. The van der Waals surface area contributed by atoms with E-state index in [0.29, 0.717) is 17.5 Å². The lowest BCUT2D eigenvalue weighted by molar-refractivity contribution is 0.669. The monoisotopic (exact) mass is 793 g/mol. The van der Waals surface area contributed by atoms with E-state index in [4.69, 9.17) is 24.4 Å². The Bertz CT molecular complexity index is 3560. The summed E-state index contributed by atoms with van der Waals surface area (Å²) in [6.45, 7) is 0. The Labute approximate surface area is 357 Å². The van der Waals surface area contributed by atoms with Crippen molar-refractivity contribution in [2.45, 2.75) is 0 Å². The van der Waals surface area contributed by atoms with E-state index < -0.39 is 0 Å². The lowest BCUT2D eigenvalue weighted by Gasteiger charge is -2.14. The van der Waals surface area contributed by atoms with Crippen LogP contribution in [0.15, 0.2) is 217 Å². The molecule has 6 heteroatoms. The van der Waals surface area contributed by atoms with Crippen molar-refractivity contribution >= 4 is 43.7 Å². The summed E-state index contributed by atoms with van der Waals surface area (Å²) in [6, 6.07) is 71.1. The Morgan fingerprint density at radius 1 is 0.371 bits per heavy atom. The second-order valence-electron chi connectivity index (χ2n) is 15.4. The molecule has 0 radical (unpaired) electrons. The zero-order valence-electron chi connectivity index (χ0n) is 33.4. The summed E-state index contributed by atoms with van der Waals surface area (Å²) in [7, 11) is 0. The highest BCUT2D eigenvalue weighted by atomic mass is 16.3. The van der Waals surface area contributed by atoms with Gasteiger partial charge in [0.25, 0.3) is 0 Å². The molecule has 0 aliphatic carbocycles. The van der Waals surface area contributed by atoms with Gasteiger partial charge in [-0.3, -0.25) is 4.98 Å². The molecule has 0 unspecified atom stereocenters. The highest BCUT2D eigenvalue weighted by molar-refractivity contribution is 6.27. The molecule has 0 fully saturated rings. The van der Waals surface area contributed by atoms with Crippen LogP contribution in [0.2, 0.25) is 0 Å². The van der Waals surface area contributed by atoms with E-state index in [1.807, 2.05) is 85.1 Å². The van der Waals surface area contributed by atoms with Crippen LogP contribution >= 0.6 is 0 Å². The van der Waals surface area contributed by atoms with E-state index in [1.165, 1.54) is 5.39 Å². The Morgan fingerprint density at radius 3 is 1.65 bits per heavy atom.